The molecule has 2 fully saturated rings. The van der Waals surface area contributed by atoms with Gasteiger partial charge in [0.1, 0.15) is 0 Å². The van der Waals surface area contributed by atoms with Crippen molar-refractivity contribution in [3.63, 3.8) is 0 Å². The van der Waals surface area contributed by atoms with E-state index >= 15 is 0 Å². The van der Waals surface area contributed by atoms with Crippen molar-refractivity contribution in [1.29, 1.82) is 0 Å². The molecular weight excluding hydrogens is 436 g/mol. The summed E-state index contributed by atoms with van der Waals surface area (Å²) in [5.41, 5.74) is 1.94. The summed E-state index contributed by atoms with van der Waals surface area (Å²) in [5, 5.41) is 2.92. The normalized spacial score (nSPS) is 19.2. The Kier molecular flexibility index (Phi) is 8.14. The zero-order valence-electron chi connectivity index (χ0n) is 19.2. The molecule has 8 heteroatoms. The molecule has 0 aromatic heterocycles. The molecule has 0 aliphatic carbocycles. The summed E-state index contributed by atoms with van der Waals surface area (Å²) in [5.74, 6) is -0.0712. The van der Waals surface area contributed by atoms with Crippen LogP contribution in [-0.4, -0.2) is 74.2 Å². The van der Waals surface area contributed by atoms with Gasteiger partial charge in [-0.3, -0.25) is 14.6 Å². The van der Waals surface area contributed by atoms with Gasteiger partial charge < -0.3 is 5.32 Å². The molecule has 0 radical (unpaired) electrons. The lowest BCUT2D eigenvalue weighted by Crippen LogP contribution is -2.36. The molecule has 0 unspecified atom stereocenters. The van der Waals surface area contributed by atoms with Gasteiger partial charge in [-0.05, 0) is 62.2 Å². The van der Waals surface area contributed by atoms with Gasteiger partial charge in [-0.15, -0.1) is 0 Å². The Balaban J connectivity index is 1.26. The van der Waals surface area contributed by atoms with Crippen molar-refractivity contribution >= 4 is 21.6 Å². The summed E-state index contributed by atoms with van der Waals surface area (Å²) < 4.78 is 27.1. The van der Waals surface area contributed by atoms with Crippen molar-refractivity contribution in [3.8, 4) is 0 Å². The number of nitrogens with one attached hydrogen (secondary N) is 1. The van der Waals surface area contributed by atoms with E-state index in [1.165, 1.54) is 5.56 Å². The van der Waals surface area contributed by atoms with Gasteiger partial charge in [0.2, 0.25) is 15.9 Å². The molecule has 4 rings (SSSR count). The quantitative estimate of drug-likeness (QED) is 0.674. The van der Waals surface area contributed by atoms with E-state index in [0.29, 0.717) is 25.3 Å². The molecule has 33 heavy (non-hydrogen) atoms. The van der Waals surface area contributed by atoms with Crippen LogP contribution in [0.4, 0.5) is 5.69 Å². The first-order valence-electron chi connectivity index (χ1n) is 11.9. The van der Waals surface area contributed by atoms with E-state index in [1.807, 2.05) is 6.07 Å². The van der Waals surface area contributed by atoms with Crippen molar-refractivity contribution < 1.29 is 13.2 Å². The number of carbonyl (C=O) groups is 1. The number of rotatable bonds is 7. The molecule has 0 saturated carbocycles. The van der Waals surface area contributed by atoms with Crippen LogP contribution in [0.25, 0.3) is 0 Å². The molecule has 2 heterocycles. The molecule has 2 aromatic carbocycles. The number of anilines is 1. The number of piperidine rings is 1. The van der Waals surface area contributed by atoms with E-state index in [9.17, 15) is 13.2 Å². The summed E-state index contributed by atoms with van der Waals surface area (Å²) in [7, 11) is -3.45. The molecule has 2 aliphatic rings. The summed E-state index contributed by atoms with van der Waals surface area (Å²) in [6.07, 6.45) is 3.93. The van der Waals surface area contributed by atoms with Gasteiger partial charge in [0.15, 0.2) is 0 Å². The highest BCUT2D eigenvalue weighted by Crippen LogP contribution is 2.22. The second-order valence-electron chi connectivity index (χ2n) is 8.93. The molecule has 1 amide bonds. The standard InChI is InChI=1S/C25H34N4O3S/c30-25(21-28-15-7-14-27(18-19-28)20-22-8-3-1-4-9-22)26-23-10-12-24(13-11-23)33(31,32)29-16-5-2-6-17-29/h1,3-4,8-13H,2,5-7,14-21H2,(H,26,30). The fraction of sp³-hybridized carbons (Fsp3) is 0.480. The number of carbonyl (C=O) groups excluding carboxylic acids is 1. The third-order valence-electron chi connectivity index (χ3n) is 6.39. The first-order valence-corrected chi connectivity index (χ1v) is 13.3. The number of hydrogen-bond acceptors (Lipinski definition) is 5. The maximum Gasteiger partial charge on any atom is 0.243 e. The van der Waals surface area contributed by atoms with Crippen LogP contribution in [0.15, 0.2) is 59.5 Å². The van der Waals surface area contributed by atoms with E-state index in [1.54, 1.807) is 28.6 Å². The highest BCUT2D eigenvalue weighted by Gasteiger charge is 2.25. The van der Waals surface area contributed by atoms with Crippen molar-refractivity contribution in [2.75, 3.05) is 51.1 Å². The lowest BCUT2D eigenvalue weighted by molar-refractivity contribution is -0.117. The number of amides is 1. The van der Waals surface area contributed by atoms with Crippen LogP contribution in [0.1, 0.15) is 31.2 Å². The van der Waals surface area contributed by atoms with Gasteiger partial charge in [-0.25, -0.2) is 8.42 Å². The van der Waals surface area contributed by atoms with Crippen molar-refractivity contribution in [2.24, 2.45) is 0 Å². The second kappa shape index (κ2) is 11.2. The van der Waals surface area contributed by atoms with Crippen LogP contribution in [0.2, 0.25) is 0 Å². The minimum Gasteiger partial charge on any atom is -0.325 e. The molecule has 0 bridgehead atoms. The van der Waals surface area contributed by atoms with Crippen LogP contribution < -0.4 is 5.32 Å². The van der Waals surface area contributed by atoms with Gasteiger partial charge >= 0.3 is 0 Å². The summed E-state index contributed by atoms with van der Waals surface area (Å²) in [4.78, 5) is 17.5. The Morgan fingerprint density at radius 2 is 1.42 bits per heavy atom. The first kappa shape index (κ1) is 23.9. The van der Waals surface area contributed by atoms with Crippen molar-refractivity contribution in [3.05, 3.63) is 60.2 Å². The van der Waals surface area contributed by atoms with Crippen molar-refractivity contribution in [2.45, 2.75) is 37.1 Å². The number of nitrogens with zero attached hydrogens (tertiary/aromatic N) is 3. The van der Waals surface area contributed by atoms with E-state index in [0.717, 1.165) is 58.4 Å². The lowest BCUT2D eigenvalue weighted by Gasteiger charge is -2.25. The Labute approximate surface area is 197 Å². The number of sulfonamides is 1. The molecule has 7 nitrogen and oxygen atoms in total. The summed E-state index contributed by atoms with van der Waals surface area (Å²) in [6.45, 7) is 6.16. The lowest BCUT2D eigenvalue weighted by atomic mass is 10.2. The predicted octanol–water partition coefficient (Wildman–Crippen LogP) is 3.01. The molecule has 1 N–H and O–H groups in total. The van der Waals surface area contributed by atoms with E-state index in [2.05, 4.69) is 39.4 Å². The minimum absolute atomic E-state index is 0.0712. The summed E-state index contributed by atoms with van der Waals surface area (Å²) >= 11 is 0. The molecule has 0 atom stereocenters. The third-order valence-corrected chi connectivity index (χ3v) is 8.30. The van der Waals surface area contributed by atoms with Gasteiger partial charge in [0, 0.05) is 38.4 Å². The molecular formula is C25H34N4O3S. The Morgan fingerprint density at radius 1 is 0.758 bits per heavy atom. The minimum atomic E-state index is -3.45. The Morgan fingerprint density at radius 3 is 2.15 bits per heavy atom. The largest absolute Gasteiger partial charge is 0.325 e. The summed E-state index contributed by atoms with van der Waals surface area (Å²) in [6, 6.07) is 17.0. The average molecular weight is 471 g/mol. The van der Waals surface area contributed by atoms with Gasteiger partial charge in [0.25, 0.3) is 0 Å². The molecule has 2 aromatic rings. The predicted molar refractivity (Wildman–Crippen MR) is 130 cm³/mol. The smallest absolute Gasteiger partial charge is 0.243 e. The van der Waals surface area contributed by atoms with Gasteiger partial charge in [-0.1, -0.05) is 36.8 Å². The number of benzene rings is 2. The zero-order chi connectivity index (χ0) is 23.1. The maximum absolute atomic E-state index is 12.8. The van der Waals surface area contributed by atoms with Crippen LogP contribution in [0.5, 0.6) is 0 Å². The highest BCUT2D eigenvalue weighted by atomic mass is 32.2. The Bertz CT molecular complexity index is 1010. The average Bonchev–Trinajstić information content (AvgIpc) is 3.05. The van der Waals surface area contributed by atoms with Crippen LogP contribution >= 0.6 is 0 Å². The topological polar surface area (TPSA) is 73.0 Å². The molecule has 178 valence electrons. The molecule has 2 aliphatic heterocycles. The third kappa shape index (κ3) is 6.63. The van der Waals surface area contributed by atoms with Crippen molar-refractivity contribution in [1.82, 2.24) is 14.1 Å². The van der Waals surface area contributed by atoms with E-state index in [-0.39, 0.29) is 10.8 Å². The number of hydrogen-bond donors (Lipinski definition) is 1. The fourth-order valence-electron chi connectivity index (χ4n) is 4.55. The SMILES string of the molecule is O=C(CN1CCCN(Cc2ccccc2)CC1)Nc1ccc(S(=O)(=O)N2CCCCC2)cc1. The van der Waals surface area contributed by atoms with E-state index in [4.69, 9.17) is 0 Å². The molecule has 0 spiro atoms. The monoisotopic (exact) mass is 470 g/mol. The molecule has 2 saturated heterocycles. The van der Waals surface area contributed by atoms with E-state index < -0.39 is 10.0 Å². The fourth-order valence-corrected chi connectivity index (χ4v) is 6.07. The maximum atomic E-state index is 12.8. The van der Waals surface area contributed by atoms with Crippen LogP contribution in [0.3, 0.4) is 0 Å². The van der Waals surface area contributed by atoms with Gasteiger partial charge in [0.05, 0.1) is 11.4 Å². The second-order valence-corrected chi connectivity index (χ2v) is 10.9. The van der Waals surface area contributed by atoms with Gasteiger partial charge in [-0.2, -0.15) is 4.31 Å². The highest BCUT2D eigenvalue weighted by molar-refractivity contribution is 7.89. The first-order chi connectivity index (χ1) is 16.0. The van der Waals surface area contributed by atoms with Crippen LogP contribution in [-0.2, 0) is 21.4 Å². The Hall–Kier alpha value is -2.26. The van der Waals surface area contributed by atoms with Crippen LogP contribution in [0, 0.1) is 0 Å². The zero-order valence-corrected chi connectivity index (χ0v) is 20.0.